The van der Waals surface area contributed by atoms with Gasteiger partial charge in [0.25, 0.3) is 11.8 Å². The van der Waals surface area contributed by atoms with Crippen molar-refractivity contribution in [2.45, 2.75) is 25.5 Å². The Morgan fingerprint density at radius 3 is 2.82 bits per heavy atom. The van der Waals surface area contributed by atoms with Gasteiger partial charge >= 0.3 is 0 Å². The van der Waals surface area contributed by atoms with Crippen molar-refractivity contribution < 1.29 is 14.7 Å². The van der Waals surface area contributed by atoms with Crippen molar-refractivity contribution in [3.8, 4) is 0 Å². The maximum Gasteiger partial charge on any atom is 0.251 e. The molecule has 146 valence electrons. The molecule has 6 heteroatoms. The topological polar surface area (TPSA) is 81.7 Å². The second kappa shape index (κ2) is 8.12. The highest BCUT2D eigenvalue weighted by atomic mass is 16.3. The molecule has 0 radical (unpaired) electrons. The SMILES string of the molecule is O=C(NC[C@H](O)CN1CCc2ccccc2C1)c1ccc2c(c1)CCNC2=O. The van der Waals surface area contributed by atoms with Crippen LogP contribution in [0.2, 0.25) is 0 Å². The summed E-state index contributed by atoms with van der Waals surface area (Å²) in [5.41, 5.74) is 4.73. The molecule has 0 aromatic heterocycles. The maximum atomic E-state index is 12.4. The number of carbonyl (C=O) groups excluding carboxylic acids is 2. The average Bonchev–Trinajstić information content (AvgIpc) is 2.72. The van der Waals surface area contributed by atoms with Gasteiger partial charge < -0.3 is 15.7 Å². The fourth-order valence-corrected chi connectivity index (χ4v) is 3.95. The van der Waals surface area contributed by atoms with Crippen LogP contribution < -0.4 is 10.6 Å². The third-order valence-corrected chi connectivity index (χ3v) is 5.47. The molecule has 2 aromatic rings. The average molecular weight is 379 g/mol. The first-order valence-electron chi connectivity index (χ1n) is 9.76. The third-order valence-electron chi connectivity index (χ3n) is 5.47. The second-order valence-electron chi connectivity index (χ2n) is 7.50. The zero-order chi connectivity index (χ0) is 19.5. The van der Waals surface area contributed by atoms with Gasteiger partial charge in [0.2, 0.25) is 0 Å². The van der Waals surface area contributed by atoms with Gasteiger partial charge in [-0.05, 0) is 47.7 Å². The minimum absolute atomic E-state index is 0.0910. The van der Waals surface area contributed by atoms with Gasteiger partial charge in [0.05, 0.1) is 6.10 Å². The maximum absolute atomic E-state index is 12.4. The fourth-order valence-electron chi connectivity index (χ4n) is 3.95. The molecular weight excluding hydrogens is 354 g/mol. The summed E-state index contributed by atoms with van der Waals surface area (Å²) in [6, 6.07) is 13.5. The normalized spacial score (nSPS) is 17.2. The van der Waals surface area contributed by atoms with E-state index in [2.05, 4.69) is 33.7 Å². The van der Waals surface area contributed by atoms with E-state index in [4.69, 9.17) is 0 Å². The molecule has 4 rings (SSSR count). The highest BCUT2D eigenvalue weighted by molar-refractivity contribution is 5.99. The summed E-state index contributed by atoms with van der Waals surface area (Å²) in [5.74, 6) is -0.316. The minimum Gasteiger partial charge on any atom is -0.390 e. The lowest BCUT2D eigenvalue weighted by Gasteiger charge is -2.30. The summed E-state index contributed by atoms with van der Waals surface area (Å²) in [5, 5.41) is 16.0. The van der Waals surface area contributed by atoms with E-state index in [1.165, 1.54) is 11.1 Å². The monoisotopic (exact) mass is 379 g/mol. The molecule has 2 aliphatic rings. The minimum atomic E-state index is -0.627. The number of nitrogens with zero attached hydrogens (tertiary/aromatic N) is 1. The highest BCUT2D eigenvalue weighted by Gasteiger charge is 2.20. The number of hydrogen-bond acceptors (Lipinski definition) is 4. The lowest BCUT2D eigenvalue weighted by Crippen LogP contribution is -2.42. The molecule has 0 bridgehead atoms. The Kier molecular flexibility index (Phi) is 5.41. The van der Waals surface area contributed by atoms with Crippen LogP contribution >= 0.6 is 0 Å². The van der Waals surface area contributed by atoms with Crippen LogP contribution in [0.1, 0.15) is 37.4 Å². The molecule has 0 spiro atoms. The van der Waals surface area contributed by atoms with Gasteiger partial charge in [-0.2, -0.15) is 0 Å². The quantitative estimate of drug-likeness (QED) is 0.727. The zero-order valence-electron chi connectivity index (χ0n) is 15.8. The number of benzene rings is 2. The first-order chi connectivity index (χ1) is 13.6. The molecule has 3 N–H and O–H groups in total. The number of carbonyl (C=O) groups is 2. The summed E-state index contributed by atoms with van der Waals surface area (Å²) in [4.78, 5) is 26.5. The van der Waals surface area contributed by atoms with Crippen molar-refractivity contribution in [1.82, 2.24) is 15.5 Å². The molecule has 2 aliphatic heterocycles. The Hall–Kier alpha value is -2.70. The van der Waals surface area contributed by atoms with E-state index in [0.717, 1.165) is 31.5 Å². The number of aliphatic hydroxyl groups excluding tert-OH is 1. The van der Waals surface area contributed by atoms with Crippen LogP contribution in [0, 0.1) is 0 Å². The van der Waals surface area contributed by atoms with Crippen LogP contribution in [0.5, 0.6) is 0 Å². The van der Waals surface area contributed by atoms with Gasteiger partial charge in [-0.1, -0.05) is 24.3 Å². The Bertz CT molecular complexity index is 896. The first kappa shape index (κ1) is 18.7. The molecule has 0 fully saturated rings. The highest BCUT2D eigenvalue weighted by Crippen LogP contribution is 2.19. The molecule has 0 saturated heterocycles. The number of fused-ring (bicyclic) bond motifs is 2. The van der Waals surface area contributed by atoms with E-state index in [0.29, 0.717) is 24.2 Å². The Balaban J connectivity index is 1.30. The Morgan fingerprint density at radius 2 is 1.96 bits per heavy atom. The van der Waals surface area contributed by atoms with Crippen molar-refractivity contribution in [3.05, 3.63) is 70.3 Å². The number of β-amino-alcohol motifs (C(OH)–C–C–N with tert-alkyl or cyclic N) is 1. The van der Waals surface area contributed by atoms with E-state index in [-0.39, 0.29) is 18.4 Å². The van der Waals surface area contributed by atoms with Gasteiger partial charge in [0, 0.05) is 43.9 Å². The number of aliphatic hydroxyl groups is 1. The smallest absolute Gasteiger partial charge is 0.251 e. The second-order valence-corrected chi connectivity index (χ2v) is 7.50. The van der Waals surface area contributed by atoms with E-state index in [1.54, 1.807) is 18.2 Å². The van der Waals surface area contributed by atoms with Crippen LogP contribution in [0.15, 0.2) is 42.5 Å². The summed E-state index contributed by atoms with van der Waals surface area (Å²) in [6.07, 6.45) is 1.08. The Labute approximate surface area is 164 Å². The predicted molar refractivity (Wildman–Crippen MR) is 106 cm³/mol. The molecule has 1 atom stereocenters. The van der Waals surface area contributed by atoms with Crippen LogP contribution in [-0.2, 0) is 19.4 Å². The zero-order valence-corrected chi connectivity index (χ0v) is 15.8. The van der Waals surface area contributed by atoms with Crippen LogP contribution in [0.25, 0.3) is 0 Å². The molecule has 28 heavy (non-hydrogen) atoms. The van der Waals surface area contributed by atoms with E-state index in [1.807, 2.05) is 6.07 Å². The molecule has 2 amide bonds. The molecule has 0 unspecified atom stereocenters. The number of nitrogens with one attached hydrogen (secondary N) is 2. The standard InChI is InChI=1S/C22H25N3O3/c26-19(14-25-10-8-15-3-1-2-4-18(15)13-25)12-24-21(27)17-5-6-20-16(11-17)7-9-23-22(20)28/h1-6,11,19,26H,7-10,12-14H2,(H,23,28)(H,24,27)/t19-/m0/s1. The Morgan fingerprint density at radius 1 is 1.14 bits per heavy atom. The molecule has 0 aliphatic carbocycles. The van der Waals surface area contributed by atoms with Crippen molar-refractivity contribution in [2.75, 3.05) is 26.2 Å². The van der Waals surface area contributed by atoms with Crippen LogP contribution in [0.4, 0.5) is 0 Å². The molecular formula is C22H25N3O3. The lowest BCUT2D eigenvalue weighted by molar-refractivity contribution is 0.0841. The van der Waals surface area contributed by atoms with Gasteiger partial charge in [0.15, 0.2) is 0 Å². The number of rotatable bonds is 5. The fraction of sp³-hybridized carbons (Fsp3) is 0.364. The van der Waals surface area contributed by atoms with Crippen LogP contribution in [0.3, 0.4) is 0 Å². The molecule has 0 saturated carbocycles. The summed E-state index contributed by atoms with van der Waals surface area (Å²) in [7, 11) is 0. The lowest BCUT2D eigenvalue weighted by atomic mass is 9.97. The molecule has 2 heterocycles. The summed E-state index contributed by atoms with van der Waals surface area (Å²) >= 11 is 0. The van der Waals surface area contributed by atoms with Crippen molar-refractivity contribution in [2.24, 2.45) is 0 Å². The largest absolute Gasteiger partial charge is 0.390 e. The number of hydrogen-bond donors (Lipinski definition) is 3. The van der Waals surface area contributed by atoms with E-state index >= 15 is 0 Å². The van der Waals surface area contributed by atoms with E-state index < -0.39 is 6.10 Å². The summed E-state index contributed by atoms with van der Waals surface area (Å²) in [6.45, 7) is 3.06. The van der Waals surface area contributed by atoms with Crippen molar-refractivity contribution in [1.29, 1.82) is 0 Å². The summed E-state index contributed by atoms with van der Waals surface area (Å²) < 4.78 is 0. The predicted octanol–water partition coefficient (Wildman–Crippen LogP) is 1.12. The first-order valence-corrected chi connectivity index (χ1v) is 9.76. The van der Waals surface area contributed by atoms with Crippen molar-refractivity contribution >= 4 is 11.8 Å². The van der Waals surface area contributed by atoms with Gasteiger partial charge in [-0.25, -0.2) is 0 Å². The van der Waals surface area contributed by atoms with Gasteiger partial charge in [0.1, 0.15) is 0 Å². The van der Waals surface area contributed by atoms with Crippen molar-refractivity contribution in [3.63, 3.8) is 0 Å². The van der Waals surface area contributed by atoms with Crippen LogP contribution in [-0.4, -0.2) is 54.1 Å². The third kappa shape index (κ3) is 4.08. The number of amides is 2. The molecule has 6 nitrogen and oxygen atoms in total. The van der Waals surface area contributed by atoms with Gasteiger partial charge in [-0.15, -0.1) is 0 Å². The molecule has 2 aromatic carbocycles. The van der Waals surface area contributed by atoms with Gasteiger partial charge in [-0.3, -0.25) is 14.5 Å². The van der Waals surface area contributed by atoms with E-state index in [9.17, 15) is 14.7 Å².